The first-order chi connectivity index (χ1) is 0. The average molecular weight is 567 g/mol. The molecule has 8 heteroatoms. The molecular weight excluding hydrogens is 566 g/mol. The van der Waals surface area contributed by atoms with Gasteiger partial charge in [0.1, 0.15) is 0 Å². The smallest absolute Gasteiger partial charge is 0 e. The van der Waals surface area contributed by atoms with Crippen molar-refractivity contribution in [3.8, 4) is 0 Å². The molecule has 0 aromatic carbocycles. The van der Waals surface area contributed by atoms with E-state index in [0.717, 1.165) is 0 Å². The molecule has 6 radical (unpaired) electrons. The molecule has 0 aliphatic carbocycles. The summed E-state index contributed by atoms with van der Waals surface area (Å²) >= 11 is 0. The summed E-state index contributed by atoms with van der Waals surface area (Å²) in [4.78, 5) is 0. The SMILES string of the molecule is I.[Cu].[Fe].[Mg].[Mn].[Mo].[Se].[Zn]. The van der Waals surface area contributed by atoms with E-state index >= 15 is 0 Å². The van der Waals surface area contributed by atoms with Crippen molar-refractivity contribution < 1.29 is 91.7 Å². The molecule has 0 fully saturated rings. The predicted molar refractivity (Wildman–Crippen MR) is 26.9 cm³/mol. The van der Waals surface area contributed by atoms with Crippen LogP contribution in [0.3, 0.4) is 0 Å². The van der Waals surface area contributed by atoms with Crippen LogP contribution in [0.5, 0.6) is 0 Å². The van der Waals surface area contributed by atoms with Gasteiger partial charge in [0.25, 0.3) is 0 Å². The van der Waals surface area contributed by atoms with E-state index in [4.69, 9.17) is 0 Å². The minimum atomic E-state index is 0. The summed E-state index contributed by atoms with van der Waals surface area (Å²) in [6.07, 6.45) is 0. The van der Waals surface area contributed by atoms with Crippen LogP contribution in [0.1, 0.15) is 0 Å². The van der Waals surface area contributed by atoms with Crippen LogP contribution in [0.4, 0.5) is 0 Å². The molecule has 0 aliphatic rings. The Morgan fingerprint density at radius 2 is 1.00 bits per heavy atom. The van der Waals surface area contributed by atoms with E-state index in [2.05, 4.69) is 0 Å². The summed E-state index contributed by atoms with van der Waals surface area (Å²) < 4.78 is 0. The molecule has 0 heterocycles. The quantitative estimate of drug-likeness (QED) is 0.283. The van der Waals surface area contributed by atoms with E-state index in [1.165, 1.54) is 0 Å². The molecule has 0 unspecified atom stereocenters. The summed E-state index contributed by atoms with van der Waals surface area (Å²) in [6, 6.07) is 0. The van der Waals surface area contributed by atoms with Crippen LogP contribution in [0.15, 0.2) is 0 Å². The summed E-state index contributed by atoms with van der Waals surface area (Å²) in [5, 5.41) is 0. The van der Waals surface area contributed by atoms with Crippen LogP contribution in [0, 0.1) is 0 Å². The second-order valence-electron chi connectivity index (χ2n) is 0. The van der Waals surface area contributed by atoms with Crippen LogP contribution in [0.2, 0.25) is 0 Å². The van der Waals surface area contributed by atoms with Gasteiger partial charge >= 0.3 is 0 Å². The first-order valence-corrected chi connectivity index (χ1v) is 0. The summed E-state index contributed by atoms with van der Waals surface area (Å²) in [7, 11) is 0. The second kappa shape index (κ2) is 59.0. The van der Waals surface area contributed by atoms with E-state index < -0.39 is 0 Å². The molecule has 0 N–H and O–H groups in total. The fraction of sp³-hybridized carbons (Fsp3) is 0. The minimum absolute atomic E-state index is 0. The molecule has 0 saturated carbocycles. The monoisotopic (exact) mass is 567 g/mol. The molecular formula is HCuFeIMgMnMoSeZn. The molecule has 0 rings (SSSR count). The third-order valence-corrected chi connectivity index (χ3v) is 0. The maximum atomic E-state index is 0. The van der Waals surface area contributed by atoms with Crippen molar-refractivity contribution in [2.45, 2.75) is 0 Å². The van der Waals surface area contributed by atoms with Gasteiger partial charge in [-0.15, -0.1) is 24.0 Å². The Kier molecular flexibility index (Phi) is 562. The van der Waals surface area contributed by atoms with Gasteiger partial charge < -0.3 is 0 Å². The summed E-state index contributed by atoms with van der Waals surface area (Å²) in [5.74, 6) is 0. The number of halogens is 1. The van der Waals surface area contributed by atoms with Crippen molar-refractivity contribution in [3.63, 3.8) is 0 Å². The van der Waals surface area contributed by atoms with E-state index in [9.17, 15) is 0 Å². The zero-order chi connectivity index (χ0) is 0. The van der Waals surface area contributed by atoms with Crippen LogP contribution in [-0.4, -0.2) is 40.1 Å². The largest absolute Gasteiger partial charge is 0.107 e. The Labute approximate surface area is 152 Å². The zero-order valence-electron chi connectivity index (χ0n) is 3.67. The van der Waals surface area contributed by atoms with Gasteiger partial charge in [-0.25, -0.2) is 0 Å². The number of rotatable bonds is 0. The van der Waals surface area contributed by atoms with E-state index in [1.54, 1.807) is 0 Å². The van der Waals surface area contributed by atoms with Crippen LogP contribution >= 0.6 is 24.0 Å². The molecule has 8 heavy (non-hydrogen) atoms. The first kappa shape index (κ1) is 76.3. The predicted octanol–water partition coefficient (Wildman–Crippen LogP) is -0.156. The topological polar surface area (TPSA) is 0 Å². The van der Waals surface area contributed by atoms with E-state index in [1.807, 2.05) is 0 Å². The van der Waals surface area contributed by atoms with Gasteiger partial charge in [-0.1, -0.05) is 0 Å². The fourth-order valence-electron chi connectivity index (χ4n) is 0. The van der Waals surface area contributed by atoms with Crippen molar-refractivity contribution in [2.75, 3.05) is 0 Å². The maximum absolute atomic E-state index is 0. The van der Waals surface area contributed by atoms with Crippen molar-refractivity contribution in [1.82, 2.24) is 0 Å². The third kappa shape index (κ3) is 44.6. The maximum Gasteiger partial charge on any atom is 0 e. The molecule has 0 nitrogen and oxygen atoms in total. The number of hydrogen-bond donors (Lipinski definition) is 0. The average Bonchev–Trinajstić information content (AvgIpc) is 0. The molecule has 0 saturated heterocycles. The van der Waals surface area contributed by atoms with Crippen molar-refractivity contribution >= 4 is 64.1 Å². The Bertz CT molecular complexity index is 24.0. The molecule has 0 aromatic heterocycles. The van der Waals surface area contributed by atoms with Crippen molar-refractivity contribution in [2.24, 2.45) is 0 Å². The second-order valence-corrected chi connectivity index (χ2v) is 0. The van der Waals surface area contributed by atoms with Crippen LogP contribution in [0.25, 0.3) is 0 Å². The van der Waals surface area contributed by atoms with E-state index in [-0.39, 0.29) is 156 Å². The molecule has 0 amide bonds. The number of hydrogen-bond acceptors (Lipinski definition) is 0. The molecule has 0 bridgehead atoms. The molecule has 0 aliphatic heterocycles. The van der Waals surface area contributed by atoms with Gasteiger partial charge in [-0.05, 0) is 0 Å². The summed E-state index contributed by atoms with van der Waals surface area (Å²) in [6.45, 7) is 0. The van der Waals surface area contributed by atoms with Crippen LogP contribution < -0.4 is 0 Å². The van der Waals surface area contributed by atoms with Gasteiger partial charge in [0.2, 0.25) is 0 Å². The van der Waals surface area contributed by atoms with Crippen LogP contribution in [-0.2, 0) is 91.7 Å². The Balaban J connectivity index is 0. The molecule has 50 valence electrons. The van der Waals surface area contributed by atoms with Gasteiger partial charge in [-0.2, -0.15) is 0 Å². The third-order valence-electron chi connectivity index (χ3n) is 0. The molecule has 0 spiro atoms. The van der Waals surface area contributed by atoms with Gasteiger partial charge in [0.15, 0.2) is 0 Å². The van der Waals surface area contributed by atoms with Gasteiger partial charge in [0.05, 0.1) is 0 Å². The Hall–Kier alpha value is 4.89. The Morgan fingerprint density at radius 1 is 1.00 bits per heavy atom. The van der Waals surface area contributed by atoms with Gasteiger partial charge in [-0.3, -0.25) is 0 Å². The standard InChI is InChI=1S/Cu.Fe.HI.Mg.Mn.Mo.Se.Zn/h;;1H;;;;;. The van der Waals surface area contributed by atoms with Crippen molar-refractivity contribution in [3.05, 3.63) is 0 Å². The normalized spacial score (nSPS) is 0. The summed E-state index contributed by atoms with van der Waals surface area (Å²) in [5.41, 5.74) is 0. The zero-order valence-corrected chi connectivity index (χ0v) is 17.3. The fourth-order valence-corrected chi connectivity index (χ4v) is 0. The minimum Gasteiger partial charge on any atom is -0.107 e. The van der Waals surface area contributed by atoms with Crippen molar-refractivity contribution in [1.29, 1.82) is 0 Å². The molecule has 0 aromatic rings. The Morgan fingerprint density at radius 3 is 1.00 bits per heavy atom. The molecule has 0 atom stereocenters. The van der Waals surface area contributed by atoms with E-state index in [0.29, 0.717) is 0 Å². The first-order valence-electron chi connectivity index (χ1n) is 0. The van der Waals surface area contributed by atoms with Gasteiger partial charge in [0, 0.05) is 132 Å².